The van der Waals surface area contributed by atoms with E-state index in [1.165, 1.54) is 32.1 Å². The molecule has 2 aromatic rings. The van der Waals surface area contributed by atoms with E-state index in [9.17, 15) is 4.79 Å². The van der Waals surface area contributed by atoms with Crippen molar-refractivity contribution in [3.63, 3.8) is 0 Å². The number of ether oxygens (including phenoxy) is 1. The van der Waals surface area contributed by atoms with Gasteiger partial charge in [0.25, 0.3) is 5.91 Å². The maximum Gasteiger partial charge on any atom is 0.251 e. The molecule has 138 valence electrons. The molecule has 1 amide bonds. The molecule has 2 fully saturated rings. The van der Waals surface area contributed by atoms with Crippen molar-refractivity contribution >= 4 is 16.7 Å². The van der Waals surface area contributed by atoms with Crippen molar-refractivity contribution in [3.8, 4) is 0 Å². The third kappa shape index (κ3) is 3.49. The van der Waals surface area contributed by atoms with Crippen molar-refractivity contribution in [1.82, 2.24) is 10.2 Å². The Labute approximate surface area is 155 Å². The molecule has 4 rings (SSSR count). The second-order valence-electron chi connectivity index (χ2n) is 7.59. The van der Waals surface area contributed by atoms with Gasteiger partial charge in [0.15, 0.2) is 0 Å². The number of carbonyl (C=O) groups is 1. The van der Waals surface area contributed by atoms with E-state index in [1.54, 1.807) is 0 Å². The fraction of sp³-hybridized carbons (Fsp3) is 0.500. The molecule has 1 saturated heterocycles. The number of rotatable bonds is 4. The van der Waals surface area contributed by atoms with Gasteiger partial charge in [0.05, 0.1) is 13.2 Å². The van der Waals surface area contributed by atoms with Crippen LogP contribution < -0.4 is 5.32 Å². The van der Waals surface area contributed by atoms with Crippen LogP contribution >= 0.6 is 0 Å². The second kappa shape index (κ2) is 7.77. The summed E-state index contributed by atoms with van der Waals surface area (Å²) in [6, 6.07) is 14.1. The van der Waals surface area contributed by atoms with E-state index < -0.39 is 0 Å². The molecule has 2 aromatic carbocycles. The summed E-state index contributed by atoms with van der Waals surface area (Å²) in [5.74, 6) is 0.0417. The fourth-order valence-electron chi connectivity index (χ4n) is 4.62. The van der Waals surface area contributed by atoms with E-state index in [4.69, 9.17) is 4.74 Å². The maximum absolute atomic E-state index is 13.0. The highest BCUT2D eigenvalue weighted by Gasteiger charge is 2.38. The van der Waals surface area contributed by atoms with Crippen LogP contribution in [0.3, 0.4) is 0 Å². The number of morpholine rings is 1. The highest BCUT2D eigenvalue weighted by molar-refractivity contribution is 6.07. The van der Waals surface area contributed by atoms with Crippen LogP contribution in [0.2, 0.25) is 0 Å². The maximum atomic E-state index is 13.0. The first-order valence-electron chi connectivity index (χ1n) is 9.87. The molecule has 1 aliphatic carbocycles. The van der Waals surface area contributed by atoms with Gasteiger partial charge < -0.3 is 10.1 Å². The van der Waals surface area contributed by atoms with E-state index in [-0.39, 0.29) is 11.4 Å². The summed E-state index contributed by atoms with van der Waals surface area (Å²) in [6.45, 7) is 4.29. The van der Waals surface area contributed by atoms with Gasteiger partial charge in [0.2, 0.25) is 0 Å². The number of nitrogens with one attached hydrogen (secondary N) is 1. The lowest BCUT2D eigenvalue weighted by molar-refractivity contribution is -0.0361. The number of carbonyl (C=O) groups excluding carboxylic acids is 1. The minimum Gasteiger partial charge on any atom is -0.379 e. The highest BCUT2D eigenvalue weighted by atomic mass is 16.5. The van der Waals surface area contributed by atoms with Crippen molar-refractivity contribution in [1.29, 1.82) is 0 Å². The normalized spacial score (nSPS) is 20.8. The number of hydrogen-bond donors (Lipinski definition) is 1. The van der Waals surface area contributed by atoms with Gasteiger partial charge >= 0.3 is 0 Å². The van der Waals surface area contributed by atoms with Crippen LogP contribution in [-0.4, -0.2) is 49.2 Å². The van der Waals surface area contributed by atoms with Crippen LogP contribution in [0.1, 0.15) is 42.5 Å². The Balaban J connectivity index is 1.52. The Hall–Kier alpha value is -1.91. The lowest BCUT2D eigenvalue weighted by Crippen LogP contribution is -2.59. The van der Waals surface area contributed by atoms with Gasteiger partial charge in [-0.05, 0) is 29.7 Å². The monoisotopic (exact) mass is 352 g/mol. The molecular weight excluding hydrogens is 324 g/mol. The summed E-state index contributed by atoms with van der Waals surface area (Å²) >= 11 is 0. The summed E-state index contributed by atoms with van der Waals surface area (Å²) in [7, 11) is 0. The zero-order valence-electron chi connectivity index (χ0n) is 15.4. The Morgan fingerprint density at radius 1 is 1.00 bits per heavy atom. The van der Waals surface area contributed by atoms with Gasteiger partial charge in [-0.1, -0.05) is 55.7 Å². The lowest BCUT2D eigenvalue weighted by Gasteiger charge is -2.48. The molecule has 1 aliphatic heterocycles. The van der Waals surface area contributed by atoms with E-state index in [0.717, 1.165) is 49.2 Å². The molecule has 0 spiro atoms. The Morgan fingerprint density at radius 3 is 2.54 bits per heavy atom. The van der Waals surface area contributed by atoms with E-state index in [1.807, 2.05) is 30.3 Å². The molecule has 4 nitrogen and oxygen atoms in total. The second-order valence-corrected chi connectivity index (χ2v) is 7.59. The molecule has 4 heteroatoms. The molecule has 1 saturated carbocycles. The van der Waals surface area contributed by atoms with Crippen LogP contribution in [0.25, 0.3) is 10.8 Å². The summed E-state index contributed by atoms with van der Waals surface area (Å²) < 4.78 is 5.55. The van der Waals surface area contributed by atoms with E-state index in [0.29, 0.717) is 0 Å². The van der Waals surface area contributed by atoms with Crippen LogP contribution in [0, 0.1) is 0 Å². The quantitative estimate of drug-likeness (QED) is 0.914. The van der Waals surface area contributed by atoms with Crippen molar-refractivity contribution in [3.05, 3.63) is 48.0 Å². The molecule has 2 aliphatic rings. The summed E-state index contributed by atoms with van der Waals surface area (Å²) in [5.41, 5.74) is 0.874. The predicted octanol–water partition coefficient (Wildman–Crippen LogP) is 3.60. The lowest BCUT2D eigenvalue weighted by atomic mass is 9.79. The smallest absolute Gasteiger partial charge is 0.251 e. The third-order valence-corrected chi connectivity index (χ3v) is 6.08. The van der Waals surface area contributed by atoms with Crippen LogP contribution in [0.4, 0.5) is 0 Å². The van der Waals surface area contributed by atoms with Gasteiger partial charge in [0.1, 0.15) is 0 Å². The largest absolute Gasteiger partial charge is 0.379 e. The van der Waals surface area contributed by atoms with Crippen molar-refractivity contribution in [2.75, 3.05) is 32.8 Å². The fourth-order valence-corrected chi connectivity index (χ4v) is 4.62. The van der Waals surface area contributed by atoms with Gasteiger partial charge in [-0.25, -0.2) is 0 Å². The Kier molecular flexibility index (Phi) is 5.23. The van der Waals surface area contributed by atoms with Crippen LogP contribution in [-0.2, 0) is 4.74 Å². The minimum absolute atomic E-state index is 0.0417. The number of benzene rings is 2. The topological polar surface area (TPSA) is 41.6 Å². The summed E-state index contributed by atoms with van der Waals surface area (Å²) in [5, 5.41) is 5.41. The molecule has 0 aromatic heterocycles. The first-order chi connectivity index (χ1) is 12.8. The number of amides is 1. The third-order valence-electron chi connectivity index (χ3n) is 6.08. The first kappa shape index (κ1) is 17.5. The van der Waals surface area contributed by atoms with Crippen molar-refractivity contribution in [2.24, 2.45) is 0 Å². The van der Waals surface area contributed by atoms with Crippen LogP contribution in [0.5, 0.6) is 0 Å². The van der Waals surface area contributed by atoms with Crippen molar-refractivity contribution in [2.45, 2.75) is 37.6 Å². The molecule has 1 N–H and O–H groups in total. The molecule has 0 atom stereocenters. The van der Waals surface area contributed by atoms with E-state index in [2.05, 4.69) is 22.3 Å². The SMILES string of the molecule is O=C(NCC1(N2CCOCC2)CCCCC1)c1cccc2ccccc12. The zero-order valence-corrected chi connectivity index (χ0v) is 15.4. The van der Waals surface area contributed by atoms with E-state index >= 15 is 0 Å². The Morgan fingerprint density at radius 2 is 1.73 bits per heavy atom. The van der Waals surface area contributed by atoms with Gasteiger partial charge in [-0.2, -0.15) is 0 Å². The molecule has 1 heterocycles. The molecule has 0 bridgehead atoms. The molecular formula is C22H28N2O2. The molecule has 0 unspecified atom stereocenters. The number of nitrogens with zero attached hydrogens (tertiary/aromatic N) is 1. The van der Waals surface area contributed by atoms with Crippen LogP contribution in [0.15, 0.2) is 42.5 Å². The van der Waals surface area contributed by atoms with Gasteiger partial charge in [0, 0.05) is 30.7 Å². The standard InChI is InChI=1S/C22H28N2O2/c25-21(20-10-6-8-18-7-2-3-9-19(18)20)23-17-22(11-4-1-5-12-22)24-13-15-26-16-14-24/h2-3,6-10H,1,4-5,11-17H2,(H,23,25). The molecule has 26 heavy (non-hydrogen) atoms. The summed E-state index contributed by atoms with van der Waals surface area (Å²) in [4.78, 5) is 15.5. The first-order valence-corrected chi connectivity index (χ1v) is 9.87. The van der Waals surface area contributed by atoms with Gasteiger partial charge in [-0.15, -0.1) is 0 Å². The zero-order chi connectivity index (χ0) is 17.8. The minimum atomic E-state index is 0.0417. The van der Waals surface area contributed by atoms with Crippen molar-refractivity contribution < 1.29 is 9.53 Å². The number of hydrogen-bond acceptors (Lipinski definition) is 3. The average molecular weight is 352 g/mol. The average Bonchev–Trinajstić information content (AvgIpc) is 2.73. The Bertz CT molecular complexity index is 756. The highest BCUT2D eigenvalue weighted by Crippen LogP contribution is 2.34. The summed E-state index contributed by atoms with van der Waals surface area (Å²) in [6.07, 6.45) is 6.15. The predicted molar refractivity (Wildman–Crippen MR) is 104 cm³/mol. The van der Waals surface area contributed by atoms with Gasteiger partial charge in [-0.3, -0.25) is 9.69 Å². The number of fused-ring (bicyclic) bond motifs is 1. The molecule has 0 radical (unpaired) electrons.